The van der Waals surface area contributed by atoms with Crippen LogP contribution in [0.5, 0.6) is 0 Å². The fourth-order valence-electron chi connectivity index (χ4n) is 5.47. The van der Waals surface area contributed by atoms with E-state index in [2.05, 4.69) is 48.5 Å². The summed E-state index contributed by atoms with van der Waals surface area (Å²) >= 11 is 3.07. The minimum atomic E-state index is -1.38. The molecular formula is C30H20O2S2. The molecule has 1 aliphatic carbocycles. The molecule has 2 heterocycles. The predicted octanol–water partition coefficient (Wildman–Crippen LogP) is 7.00. The minimum absolute atomic E-state index is 0.729. The molecule has 0 saturated heterocycles. The lowest BCUT2D eigenvalue weighted by atomic mass is 9.65. The molecule has 0 bridgehead atoms. The van der Waals surface area contributed by atoms with E-state index in [1.165, 1.54) is 22.7 Å². The van der Waals surface area contributed by atoms with Gasteiger partial charge in [0.05, 0.1) is 0 Å². The first kappa shape index (κ1) is 20.1. The zero-order valence-electron chi connectivity index (χ0n) is 18.1. The molecular weight excluding hydrogens is 456 g/mol. The van der Waals surface area contributed by atoms with Crippen molar-refractivity contribution in [1.29, 1.82) is 0 Å². The lowest BCUT2D eigenvalue weighted by Crippen LogP contribution is -2.43. The third-order valence-corrected chi connectivity index (χ3v) is 9.04. The maximum atomic E-state index is 12.7. The summed E-state index contributed by atoms with van der Waals surface area (Å²) in [5.41, 5.74) is 0.159. The second-order valence-corrected chi connectivity index (χ2v) is 10.8. The Labute approximate surface area is 205 Å². The van der Waals surface area contributed by atoms with Crippen LogP contribution in [-0.2, 0) is 11.2 Å². The Hall–Kier alpha value is -3.28. The van der Waals surface area contributed by atoms with Crippen LogP contribution in [0.3, 0.4) is 0 Å². The van der Waals surface area contributed by atoms with Crippen molar-refractivity contribution in [2.24, 2.45) is 0 Å². The second kappa shape index (κ2) is 7.11. The normalized spacial score (nSPS) is 21.5. The van der Waals surface area contributed by atoms with Gasteiger partial charge in [0.25, 0.3) is 0 Å². The lowest BCUT2D eigenvalue weighted by molar-refractivity contribution is 0.0792. The van der Waals surface area contributed by atoms with Gasteiger partial charge in [0.2, 0.25) is 0 Å². The van der Waals surface area contributed by atoms with Crippen molar-refractivity contribution in [3.63, 3.8) is 0 Å². The van der Waals surface area contributed by atoms with Gasteiger partial charge >= 0.3 is 0 Å². The van der Waals surface area contributed by atoms with Gasteiger partial charge in [-0.2, -0.15) is 0 Å². The Balaban J connectivity index is 1.70. The third-order valence-electron chi connectivity index (χ3n) is 7.09. The second-order valence-electron chi connectivity index (χ2n) is 8.87. The van der Waals surface area contributed by atoms with Crippen LogP contribution in [0, 0.1) is 0 Å². The molecule has 0 spiro atoms. The van der Waals surface area contributed by atoms with Crippen LogP contribution in [0.25, 0.3) is 21.5 Å². The van der Waals surface area contributed by atoms with Crippen LogP contribution in [0.15, 0.2) is 108 Å². The summed E-state index contributed by atoms with van der Waals surface area (Å²) in [4.78, 5) is 1.68. The van der Waals surface area contributed by atoms with Crippen LogP contribution in [0.1, 0.15) is 32.0 Å². The molecule has 0 aliphatic heterocycles. The SMILES string of the molecule is OC1(c2cccs2)c2cc3ccccc3cc2C(O)(c2cccs2)c2cc3ccccc3cc21. The molecule has 0 fully saturated rings. The summed E-state index contributed by atoms with van der Waals surface area (Å²) in [6.45, 7) is 0. The highest BCUT2D eigenvalue weighted by Crippen LogP contribution is 2.55. The van der Waals surface area contributed by atoms with Crippen LogP contribution < -0.4 is 0 Å². The third kappa shape index (κ3) is 2.57. The Morgan fingerprint density at radius 3 is 1.03 bits per heavy atom. The number of hydrogen-bond donors (Lipinski definition) is 2. The van der Waals surface area contributed by atoms with E-state index in [4.69, 9.17) is 0 Å². The van der Waals surface area contributed by atoms with Crippen LogP contribution in [0.4, 0.5) is 0 Å². The van der Waals surface area contributed by atoms with E-state index in [-0.39, 0.29) is 0 Å². The molecule has 34 heavy (non-hydrogen) atoms. The van der Waals surface area contributed by atoms with E-state index in [1.807, 2.05) is 59.3 Å². The molecule has 0 saturated carbocycles. The van der Waals surface area contributed by atoms with E-state index in [1.54, 1.807) is 0 Å². The summed E-state index contributed by atoms with van der Waals surface area (Å²) < 4.78 is 0. The van der Waals surface area contributed by atoms with Gasteiger partial charge in [0, 0.05) is 32.0 Å². The van der Waals surface area contributed by atoms with Gasteiger partial charge in [-0.05, 0) is 68.7 Å². The molecule has 7 rings (SSSR count). The summed E-state index contributed by atoms with van der Waals surface area (Å²) in [7, 11) is 0. The Bertz CT molecular complexity index is 1470. The van der Waals surface area contributed by atoms with Gasteiger partial charge in [-0.25, -0.2) is 0 Å². The van der Waals surface area contributed by atoms with Crippen LogP contribution in [-0.4, -0.2) is 10.2 Å². The number of aliphatic hydroxyl groups is 2. The topological polar surface area (TPSA) is 40.5 Å². The highest BCUT2D eigenvalue weighted by atomic mass is 32.1. The van der Waals surface area contributed by atoms with Crippen molar-refractivity contribution in [2.45, 2.75) is 11.2 Å². The Morgan fingerprint density at radius 1 is 0.441 bits per heavy atom. The van der Waals surface area contributed by atoms with Gasteiger partial charge in [-0.1, -0.05) is 60.7 Å². The van der Waals surface area contributed by atoms with Crippen LogP contribution >= 0.6 is 22.7 Å². The minimum Gasteiger partial charge on any atom is -0.375 e. The summed E-state index contributed by atoms with van der Waals surface area (Å²) in [6.07, 6.45) is 0. The van der Waals surface area contributed by atoms with Crippen molar-refractivity contribution < 1.29 is 10.2 Å². The van der Waals surface area contributed by atoms with Crippen molar-refractivity contribution in [3.05, 3.63) is 140 Å². The highest BCUT2D eigenvalue weighted by molar-refractivity contribution is 7.10. The first-order valence-electron chi connectivity index (χ1n) is 11.2. The zero-order valence-corrected chi connectivity index (χ0v) is 19.7. The van der Waals surface area contributed by atoms with E-state index >= 15 is 0 Å². The van der Waals surface area contributed by atoms with E-state index in [0.29, 0.717) is 0 Å². The molecule has 6 aromatic rings. The van der Waals surface area contributed by atoms with Gasteiger partial charge in [-0.3, -0.25) is 0 Å². The maximum absolute atomic E-state index is 12.7. The molecule has 2 aromatic heterocycles. The molecule has 164 valence electrons. The number of rotatable bonds is 2. The molecule has 0 unspecified atom stereocenters. The standard InChI is InChI=1S/C30H20O2S2/c31-29(27-11-5-13-33-27)23-15-19-7-1-2-8-20(19)16-24(23)30(32,28-12-6-14-34-28)26-18-22-10-4-3-9-21(22)17-25(26)29/h1-18,31-32H. The molecule has 4 heteroatoms. The molecule has 4 aromatic carbocycles. The van der Waals surface area contributed by atoms with Crippen molar-refractivity contribution in [1.82, 2.24) is 0 Å². The summed E-state index contributed by atoms with van der Waals surface area (Å²) in [5, 5.41) is 33.5. The van der Waals surface area contributed by atoms with E-state index < -0.39 is 11.2 Å². The Morgan fingerprint density at radius 2 is 0.765 bits per heavy atom. The molecule has 2 N–H and O–H groups in total. The highest BCUT2D eigenvalue weighted by Gasteiger charge is 2.52. The van der Waals surface area contributed by atoms with Crippen LogP contribution in [0.2, 0.25) is 0 Å². The molecule has 1 aliphatic rings. The van der Waals surface area contributed by atoms with Gasteiger partial charge < -0.3 is 10.2 Å². The van der Waals surface area contributed by atoms with Gasteiger partial charge in [0.15, 0.2) is 0 Å². The molecule has 2 nitrogen and oxygen atoms in total. The van der Waals surface area contributed by atoms with Crippen molar-refractivity contribution in [2.75, 3.05) is 0 Å². The number of benzene rings is 4. The first-order chi connectivity index (χ1) is 16.6. The predicted molar refractivity (Wildman–Crippen MR) is 141 cm³/mol. The van der Waals surface area contributed by atoms with Crippen molar-refractivity contribution in [3.8, 4) is 0 Å². The fraction of sp³-hybridized carbons (Fsp3) is 0.0667. The first-order valence-corrected chi connectivity index (χ1v) is 13.0. The number of fused-ring (bicyclic) bond motifs is 4. The average molecular weight is 477 g/mol. The monoisotopic (exact) mass is 476 g/mol. The largest absolute Gasteiger partial charge is 0.375 e. The summed E-state index contributed by atoms with van der Waals surface area (Å²) in [5.74, 6) is 0. The van der Waals surface area contributed by atoms with Gasteiger partial charge in [0.1, 0.15) is 11.2 Å². The van der Waals surface area contributed by atoms with E-state index in [9.17, 15) is 10.2 Å². The van der Waals surface area contributed by atoms with E-state index in [0.717, 1.165) is 53.6 Å². The molecule has 0 atom stereocenters. The average Bonchev–Trinajstić information content (AvgIpc) is 3.61. The fourth-order valence-corrected chi connectivity index (χ4v) is 7.17. The smallest absolute Gasteiger partial charge is 0.150 e. The Kier molecular flexibility index (Phi) is 4.21. The number of hydrogen-bond acceptors (Lipinski definition) is 4. The molecule has 0 radical (unpaired) electrons. The zero-order chi connectivity index (χ0) is 22.9. The summed E-state index contributed by atoms with van der Waals surface area (Å²) in [6, 6.07) is 32.4. The van der Waals surface area contributed by atoms with Gasteiger partial charge in [-0.15, -0.1) is 22.7 Å². The molecule has 0 amide bonds. The van der Waals surface area contributed by atoms with Crippen molar-refractivity contribution >= 4 is 44.2 Å². The number of thiophene rings is 2. The quantitative estimate of drug-likeness (QED) is 0.283. The maximum Gasteiger partial charge on any atom is 0.150 e. The lowest BCUT2D eigenvalue weighted by Gasteiger charge is -2.44.